The van der Waals surface area contributed by atoms with Gasteiger partial charge in [-0.25, -0.2) is 9.40 Å². The van der Waals surface area contributed by atoms with Gasteiger partial charge in [-0.05, 0) is 49.1 Å². The number of halogens is 3. The lowest BCUT2D eigenvalue weighted by atomic mass is 9.92. The van der Waals surface area contributed by atoms with E-state index in [-0.39, 0.29) is 35.0 Å². The third kappa shape index (κ3) is 6.28. The Hall–Kier alpha value is -2.55. The molecule has 0 aromatic heterocycles. The third-order valence-electron chi connectivity index (χ3n) is 5.67. The number of benzene rings is 2. The van der Waals surface area contributed by atoms with Gasteiger partial charge in [-0.3, -0.25) is 15.0 Å². The van der Waals surface area contributed by atoms with Crippen LogP contribution in [0, 0.1) is 11.7 Å². The molecule has 1 atom stereocenters. The molecule has 0 bridgehead atoms. The summed E-state index contributed by atoms with van der Waals surface area (Å²) in [5.41, 5.74) is 3.67. The van der Waals surface area contributed by atoms with E-state index in [9.17, 15) is 14.0 Å². The Balaban J connectivity index is 1.17. The van der Waals surface area contributed by atoms with Gasteiger partial charge in [-0.2, -0.15) is 0 Å². The Morgan fingerprint density at radius 1 is 1.18 bits per heavy atom. The number of Topliss-reactive ketones (excluding diaryl/α,β-unsaturated/α-hetero) is 1. The van der Waals surface area contributed by atoms with Crippen LogP contribution in [0.5, 0.6) is 11.5 Å². The summed E-state index contributed by atoms with van der Waals surface area (Å²) < 4.78 is 24.6. The zero-order chi connectivity index (χ0) is 23.4. The second-order valence-electron chi connectivity index (χ2n) is 8.14. The Morgan fingerprint density at radius 3 is 2.73 bits per heavy atom. The van der Waals surface area contributed by atoms with E-state index in [1.54, 1.807) is 18.2 Å². The molecular weight excluding hydrogens is 472 g/mol. The molecule has 0 saturated carbocycles. The van der Waals surface area contributed by atoms with Gasteiger partial charge >= 0.3 is 0 Å². The minimum atomic E-state index is -0.646. The fraction of sp³-hybridized carbons (Fsp3) is 0.391. The monoisotopic (exact) mass is 495 g/mol. The van der Waals surface area contributed by atoms with Gasteiger partial charge in [0.25, 0.3) is 5.91 Å². The predicted molar refractivity (Wildman–Crippen MR) is 123 cm³/mol. The molecule has 176 valence electrons. The molecule has 0 aliphatic carbocycles. The lowest BCUT2D eigenvalue weighted by Gasteiger charge is -2.34. The van der Waals surface area contributed by atoms with Crippen LogP contribution in [-0.2, 0) is 9.59 Å². The van der Waals surface area contributed by atoms with Crippen LogP contribution < -0.4 is 20.2 Å². The maximum Gasteiger partial charge on any atom is 0.277 e. The number of ketones is 1. The molecule has 1 saturated heterocycles. The van der Waals surface area contributed by atoms with Gasteiger partial charge in [0.15, 0.2) is 11.9 Å². The van der Waals surface area contributed by atoms with E-state index in [0.29, 0.717) is 36.8 Å². The van der Waals surface area contributed by atoms with Crippen LogP contribution in [0.15, 0.2) is 36.4 Å². The Kier molecular flexibility index (Phi) is 7.57. The Bertz CT molecular complexity index is 1030. The number of carbonyl (C=O) groups excluding carboxylic acids is 2. The van der Waals surface area contributed by atoms with Gasteiger partial charge in [-0.1, -0.05) is 23.2 Å². The average molecular weight is 496 g/mol. The molecular formula is C23H24Cl2FN3O4. The quantitative estimate of drug-likeness (QED) is 0.602. The van der Waals surface area contributed by atoms with E-state index in [0.717, 1.165) is 24.6 Å². The second-order valence-corrected chi connectivity index (χ2v) is 8.99. The summed E-state index contributed by atoms with van der Waals surface area (Å²) in [6.07, 6.45) is 1.28. The Morgan fingerprint density at radius 2 is 1.97 bits per heavy atom. The van der Waals surface area contributed by atoms with Gasteiger partial charge in [0, 0.05) is 30.6 Å². The molecule has 4 rings (SSSR count). The van der Waals surface area contributed by atoms with E-state index in [4.69, 9.17) is 32.7 Å². The van der Waals surface area contributed by atoms with Crippen LogP contribution in [0.1, 0.15) is 19.3 Å². The lowest BCUT2D eigenvalue weighted by Crippen LogP contribution is -2.53. The van der Waals surface area contributed by atoms with Crippen molar-refractivity contribution in [3.63, 3.8) is 0 Å². The van der Waals surface area contributed by atoms with Crippen molar-refractivity contribution in [3.05, 3.63) is 52.3 Å². The summed E-state index contributed by atoms with van der Waals surface area (Å²) in [7, 11) is 0. The fourth-order valence-corrected chi connectivity index (χ4v) is 4.16. The average Bonchev–Trinajstić information content (AvgIpc) is 2.80. The first-order valence-electron chi connectivity index (χ1n) is 10.7. The van der Waals surface area contributed by atoms with Gasteiger partial charge in [-0.15, -0.1) is 0 Å². The number of carbonyl (C=O) groups is 2. The molecule has 2 heterocycles. The summed E-state index contributed by atoms with van der Waals surface area (Å²) in [6.45, 7) is 1.51. The topological polar surface area (TPSA) is 79.9 Å². The summed E-state index contributed by atoms with van der Waals surface area (Å²) in [5.74, 6) is 0.216. The molecule has 2 aromatic rings. The maximum atomic E-state index is 13.5. The van der Waals surface area contributed by atoms with E-state index < -0.39 is 11.9 Å². The largest absolute Gasteiger partial charge is 0.486 e. The van der Waals surface area contributed by atoms with E-state index in [1.807, 2.05) is 5.01 Å². The number of amides is 1. The van der Waals surface area contributed by atoms with Gasteiger partial charge in [0.1, 0.15) is 23.9 Å². The second kappa shape index (κ2) is 10.6. The highest BCUT2D eigenvalue weighted by molar-refractivity contribution is 6.31. The Labute approximate surface area is 201 Å². The normalized spacial score (nSPS) is 18.6. The van der Waals surface area contributed by atoms with Crippen molar-refractivity contribution < 1.29 is 23.5 Å². The molecule has 0 spiro atoms. The molecule has 2 aliphatic heterocycles. The smallest absolute Gasteiger partial charge is 0.277 e. The van der Waals surface area contributed by atoms with Crippen LogP contribution >= 0.6 is 23.2 Å². The highest BCUT2D eigenvalue weighted by Gasteiger charge is 2.29. The van der Waals surface area contributed by atoms with Crippen molar-refractivity contribution in [2.24, 2.45) is 5.92 Å². The highest BCUT2D eigenvalue weighted by Crippen LogP contribution is 2.31. The number of hydrogen-bond donors (Lipinski definition) is 2. The van der Waals surface area contributed by atoms with E-state index in [1.165, 1.54) is 12.1 Å². The third-order valence-corrected chi connectivity index (χ3v) is 6.21. The number of fused-ring (bicyclic) bond motifs is 1. The molecule has 2 N–H and O–H groups in total. The zero-order valence-electron chi connectivity index (χ0n) is 17.8. The SMILES string of the molecule is O=C(COc1ccc(Cl)c(F)c1)CC1CCN(NC(=O)[C@@H]2CNc3cc(Cl)ccc3O2)CC1. The number of hydrogen-bond acceptors (Lipinski definition) is 6. The minimum absolute atomic E-state index is 0.00793. The number of piperidine rings is 1. The van der Waals surface area contributed by atoms with Crippen LogP contribution in [-0.4, -0.2) is 49.0 Å². The van der Waals surface area contributed by atoms with Gasteiger partial charge in [0.05, 0.1) is 17.3 Å². The summed E-state index contributed by atoms with van der Waals surface area (Å²) in [6, 6.07) is 9.29. The van der Waals surface area contributed by atoms with Crippen LogP contribution in [0.25, 0.3) is 0 Å². The molecule has 1 amide bonds. The van der Waals surface area contributed by atoms with Crippen LogP contribution in [0.3, 0.4) is 0 Å². The van der Waals surface area contributed by atoms with Crippen molar-refractivity contribution in [1.82, 2.24) is 10.4 Å². The lowest BCUT2D eigenvalue weighted by molar-refractivity contribution is -0.133. The predicted octanol–water partition coefficient (Wildman–Crippen LogP) is 4.09. The molecule has 2 aromatic carbocycles. The van der Waals surface area contributed by atoms with Crippen LogP contribution in [0.2, 0.25) is 10.0 Å². The fourth-order valence-electron chi connectivity index (χ4n) is 3.88. The number of anilines is 1. The number of rotatable bonds is 7. The first-order chi connectivity index (χ1) is 15.9. The number of nitrogens with one attached hydrogen (secondary N) is 2. The standard InChI is InChI=1S/C23H24Cl2FN3O4/c24-15-1-4-21-20(10-15)27-12-22(33-21)23(31)28-29-7-5-14(6-8-29)9-16(30)13-32-17-2-3-18(25)19(26)11-17/h1-4,10-11,14,22,27H,5-9,12-13H2,(H,28,31)/t22-/m0/s1. The number of ether oxygens (including phenoxy) is 2. The van der Waals surface area contributed by atoms with Crippen molar-refractivity contribution in [2.45, 2.75) is 25.4 Å². The van der Waals surface area contributed by atoms with Crippen molar-refractivity contribution in [1.29, 1.82) is 0 Å². The molecule has 2 aliphatic rings. The molecule has 0 radical (unpaired) electrons. The molecule has 10 heteroatoms. The summed E-state index contributed by atoms with van der Waals surface area (Å²) in [5, 5.41) is 5.63. The van der Waals surface area contributed by atoms with E-state index >= 15 is 0 Å². The summed E-state index contributed by atoms with van der Waals surface area (Å²) in [4.78, 5) is 24.9. The molecule has 7 nitrogen and oxygen atoms in total. The zero-order valence-corrected chi connectivity index (χ0v) is 19.3. The van der Waals surface area contributed by atoms with Crippen molar-refractivity contribution >= 4 is 40.6 Å². The summed E-state index contributed by atoms with van der Waals surface area (Å²) >= 11 is 11.6. The van der Waals surface area contributed by atoms with Crippen molar-refractivity contribution in [3.8, 4) is 11.5 Å². The van der Waals surface area contributed by atoms with E-state index in [2.05, 4.69) is 10.7 Å². The molecule has 33 heavy (non-hydrogen) atoms. The highest BCUT2D eigenvalue weighted by atomic mass is 35.5. The molecule has 0 unspecified atom stereocenters. The van der Waals surface area contributed by atoms with Crippen LogP contribution in [0.4, 0.5) is 10.1 Å². The number of hydrazine groups is 1. The number of nitrogens with zero attached hydrogens (tertiary/aromatic N) is 1. The van der Waals surface area contributed by atoms with Gasteiger partial charge < -0.3 is 14.8 Å². The van der Waals surface area contributed by atoms with Crippen molar-refractivity contribution in [2.75, 3.05) is 31.6 Å². The maximum absolute atomic E-state index is 13.5. The first-order valence-corrected chi connectivity index (χ1v) is 11.5. The molecule has 1 fully saturated rings. The first kappa shape index (κ1) is 23.6. The minimum Gasteiger partial charge on any atom is -0.486 e. The van der Waals surface area contributed by atoms with Gasteiger partial charge in [0.2, 0.25) is 0 Å².